The van der Waals surface area contributed by atoms with Crippen molar-refractivity contribution in [2.45, 2.75) is 115 Å². The van der Waals surface area contributed by atoms with E-state index in [9.17, 15) is 43.4 Å². The molecule has 3 saturated heterocycles. The van der Waals surface area contributed by atoms with Gasteiger partial charge in [0.05, 0.1) is 50.6 Å². The summed E-state index contributed by atoms with van der Waals surface area (Å²) in [6, 6.07) is 18.2. The van der Waals surface area contributed by atoms with Gasteiger partial charge in [0.1, 0.15) is 17.9 Å². The number of methoxy groups -OCH3 is 2. The highest BCUT2D eigenvalue weighted by atomic mass is 19.1. The van der Waals surface area contributed by atoms with Crippen molar-refractivity contribution in [2.75, 3.05) is 32.2 Å². The van der Waals surface area contributed by atoms with Gasteiger partial charge in [0.15, 0.2) is 0 Å². The molecule has 0 bridgehead atoms. The summed E-state index contributed by atoms with van der Waals surface area (Å²) in [5.74, 6) is -2.64. The minimum atomic E-state index is -1.18. The standard InChI is InChI=1S/C48H62FN7O10/c1-47(2,23-39(50)59)41(52-45(63)65-5)43(61)54-25-33(57)21-37(54)29-11-7-27(8-12-29)35-19-20-36(56(35)32-17-15-31(49)16-18-32)28-9-13-30(14-10-28)38-22-34(58)26-55(38)44(62)42(53-46(64)66-6)48(3,4)24-40(51)60/h7-18,33-38,41-42,57-58H,19-26H2,1-6H3,(H2,50,59)(H2,51,60)(H,52,63)(H,53,64)/t33-,34-,35-,36-,37-,38-,41+,42+/m0/s1. The maximum absolute atomic E-state index is 14.3. The lowest BCUT2D eigenvalue weighted by atomic mass is 9.80. The number of nitrogens with two attached hydrogens (primary N) is 2. The van der Waals surface area contributed by atoms with Crippen LogP contribution in [0.1, 0.15) is 113 Å². The Hall–Kier alpha value is -6.27. The number of nitrogens with one attached hydrogen (secondary N) is 2. The number of aliphatic hydroxyl groups excluding tert-OH is 2. The molecule has 0 aliphatic carbocycles. The maximum Gasteiger partial charge on any atom is 0.407 e. The molecule has 0 saturated carbocycles. The number of β-amino-alcohol motifs (C(OH)–C–C–N with tert-alkyl or cyclic N) is 2. The molecule has 0 unspecified atom stereocenters. The lowest BCUT2D eigenvalue weighted by Gasteiger charge is -2.37. The van der Waals surface area contributed by atoms with Crippen molar-refractivity contribution in [3.63, 3.8) is 0 Å². The number of halogens is 1. The predicted octanol–water partition coefficient (Wildman–Crippen LogP) is 4.43. The summed E-state index contributed by atoms with van der Waals surface area (Å²) < 4.78 is 23.9. The number of anilines is 1. The van der Waals surface area contributed by atoms with Gasteiger partial charge in [-0.25, -0.2) is 14.0 Å². The van der Waals surface area contributed by atoms with Gasteiger partial charge in [-0.2, -0.15) is 0 Å². The number of rotatable bonds is 15. The van der Waals surface area contributed by atoms with Crippen LogP contribution < -0.4 is 27.0 Å². The van der Waals surface area contributed by atoms with E-state index in [1.807, 2.05) is 48.5 Å². The largest absolute Gasteiger partial charge is 0.453 e. The molecule has 3 aliphatic heterocycles. The molecule has 3 fully saturated rings. The van der Waals surface area contributed by atoms with Gasteiger partial charge in [0.2, 0.25) is 23.6 Å². The molecule has 3 aliphatic rings. The monoisotopic (exact) mass is 915 g/mol. The second kappa shape index (κ2) is 20.1. The van der Waals surface area contributed by atoms with Gasteiger partial charge in [0.25, 0.3) is 0 Å². The molecule has 3 aromatic carbocycles. The Balaban J connectivity index is 1.26. The van der Waals surface area contributed by atoms with Crippen molar-refractivity contribution < 1.29 is 52.8 Å². The molecule has 3 heterocycles. The summed E-state index contributed by atoms with van der Waals surface area (Å²) in [7, 11) is 2.35. The van der Waals surface area contributed by atoms with Crippen molar-refractivity contribution in [1.82, 2.24) is 20.4 Å². The molecule has 66 heavy (non-hydrogen) atoms. The highest BCUT2D eigenvalue weighted by Gasteiger charge is 2.47. The fraction of sp³-hybridized carbons (Fsp3) is 0.500. The lowest BCUT2D eigenvalue weighted by molar-refractivity contribution is -0.139. The molecule has 18 heteroatoms. The van der Waals surface area contributed by atoms with Gasteiger partial charge >= 0.3 is 12.2 Å². The zero-order valence-corrected chi connectivity index (χ0v) is 38.2. The Bertz CT molecular complexity index is 2120. The quantitative estimate of drug-likeness (QED) is 0.125. The van der Waals surface area contributed by atoms with Crippen LogP contribution in [-0.2, 0) is 28.7 Å². The first-order valence-corrected chi connectivity index (χ1v) is 22.1. The van der Waals surface area contributed by atoms with E-state index in [1.54, 1.807) is 39.8 Å². The highest BCUT2D eigenvalue weighted by molar-refractivity contribution is 5.89. The molecular weight excluding hydrogens is 854 g/mol. The van der Waals surface area contributed by atoms with E-state index in [1.165, 1.54) is 36.2 Å². The van der Waals surface area contributed by atoms with Gasteiger partial charge in [0, 0.05) is 42.4 Å². The van der Waals surface area contributed by atoms with Crippen LogP contribution in [0.25, 0.3) is 0 Å². The predicted molar refractivity (Wildman–Crippen MR) is 240 cm³/mol. The van der Waals surface area contributed by atoms with Gasteiger partial charge in [-0.3, -0.25) is 19.2 Å². The average molecular weight is 916 g/mol. The molecule has 3 aromatic rings. The molecule has 8 atom stereocenters. The fourth-order valence-corrected chi connectivity index (χ4v) is 10.0. The van der Waals surface area contributed by atoms with Crippen LogP contribution in [0, 0.1) is 16.6 Å². The molecule has 6 amide bonds. The highest BCUT2D eigenvalue weighted by Crippen LogP contribution is 2.48. The maximum atomic E-state index is 14.3. The third-order valence-electron chi connectivity index (χ3n) is 13.3. The number of aliphatic hydroxyl groups is 2. The second-order valence-electron chi connectivity index (χ2n) is 19.0. The van der Waals surface area contributed by atoms with Crippen LogP contribution in [0.4, 0.5) is 19.7 Å². The molecule has 0 radical (unpaired) electrons. The number of benzene rings is 3. The smallest absolute Gasteiger partial charge is 0.407 e. The van der Waals surface area contributed by atoms with Crippen molar-refractivity contribution in [3.05, 3.63) is 101 Å². The van der Waals surface area contributed by atoms with Gasteiger partial charge in [-0.05, 0) is 72.2 Å². The van der Waals surface area contributed by atoms with E-state index in [2.05, 4.69) is 15.5 Å². The lowest BCUT2D eigenvalue weighted by Crippen LogP contribution is -2.56. The first-order chi connectivity index (χ1) is 31.1. The van der Waals surface area contributed by atoms with Crippen LogP contribution in [0.15, 0.2) is 72.8 Å². The van der Waals surface area contributed by atoms with Gasteiger partial charge < -0.3 is 56.5 Å². The number of hydrogen-bond acceptors (Lipinski definition) is 11. The number of carbonyl (C=O) groups is 6. The van der Waals surface area contributed by atoms with E-state index in [0.717, 1.165) is 40.8 Å². The van der Waals surface area contributed by atoms with Crippen LogP contribution in [-0.4, -0.2) is 107 Å². The molecular formula is C48H62FN7O10. The molecule has 356 valence electrons. The summed E-state index contributed by atoms with van der Waals surface area (Å²) in [6.45, 7) is 6.64. The second-order valence-corrected chi connectivity index (χ2v) is 19.0. The van der Waals surface area contributed by atoms with Gasteiger partial charge in [-0.15, -0.1) is 0 Å². The summed E-state index contributed by atoms with van der Waals surface area (Å²) in [4.78, 5) is 82.5. The van der Waals surface area contributed by atoms with Crippen LogP contribution in [0.2, 0.25) is 0 Å². The normalized spacial score (nSPS) is 23.0. The zero-order chi connectivity index (χ0) is 48.2. The van der Waals surface area contributed by atoms with Crippen LogP contribution in [0.5, 0.6) is 0 Å². The van der Waals surface area contributed by atoms with Crippen molar-refractivity contribution in [1.29, 1.82) is 0 Å². The van der Waals surface area contributed by atoms with E-state index < -0.39 is 83.0 Å². The van der Waals surface area contributed by atoms with Crippen molar-refractivity contribution in [2.24, 2.45) is 22.3 Å². The Labute approximate surface area is 383 Å². The number of nitrogens with zero attached hydrogens (tertiary/aromatic N) is 3. The van der Waals surface area contributed by atoms with Crippen LogP contribution >= 0.6 is 0 Å². The third-order valence-corrected chi connectivity index (χ3v) is 13.3. The summed E-state index contributed by atoms with van der Waals surface area (Å²) >= 11 is 0. The minimum Gasteiger partial charge on any atom is -0.453 e. The van der Waals surface area contributed by atoms with E-state index >= 15 is 0 Å². The fourth-order valence-electron chi connectivity index (χ4n) is 10.0. The van der Waals surface area contributed by atoms with E-state index in [4.69, 9.17) is 20.9 Å². The van der Waals surface area contributed by atoms with Crippen molar-refractivity contribution >= 4 is 41.5 Å². The molecule has 17 nitrogen and oxygen atoms in total. The number of ether oxygens (including phenoxy) is 2. The van der Waals surface area contributed by atoms with Crippen LogP contribution in [0.3, 0.4) is 0 Å². The number of likely N-dealkylation sites (tertiary alicyclic amines) is 2. The number of carbonyl (C=O) groups excluding carboxylic acids is 6. The Kier molecular flexibility index (Phi) is 15.0. The number of amides is 6. The molecule has 0 aromatic heterocycles. The minimum absolute atomic E-state index is 0.0105. The Morgan fingerprint density at radius 1 is 0.621 bits per heavy atom. The number of alkyl carbamates (subject to hydrolysis) is 2. The first kappa shape index (κ1) is 49.2. The summed E-state index contributed by atoms with van der Waals surface area (Å²) in [5.41, 5.74) is 13.1. The SMILES string of the molecule is COC(=O)N[C@H](C(=O)N1C[C@@H](O)C[C@H]1c1ccc([C@@H]2CC[C@@H](c3ccc([C@@H]4C[C@H](O)CN4C(=O)[C@@H](NC(=O)OC)C(C)(C)CC(N)=O)cc3)N2c2ccc(F)cc2)cc1)C(C)(C)CC(N)=O. The van der Waals surface area contributed by atoms with E-state index in [0.29, 0.717) is 0 Å². The molecule has 8 N–H and O–H groups in total. The third kappa shape index (κ3) is 10.9. The van der Waals surface area contributed by atoms with E-state index in [-0.39, 0.29) is 56.7 Å². The zero-order valence-electron chi connectivity index (χ0n) is 38.2. The average Bonchev–Trinajstić information content (AvgIpc) is 4.00. The molecule has 0 spiro atoms. The number of primary amides is 2. The topological polar surface area (TPSA) is 247 Å². The van der Waals surface area contributed by atoms with Crippen molar-refractivity contribution in [3.8, 4) is 0 Å². The summed E-state index contributed by atoms with van der Waals surface area (Å²) in [5, 5.41) is 26.9. The first-order valence-electron chi connectivity index (χ1n) is 22.1. The summed E-state index contributed by atoms with van der Waals surface area (Å²) in [6.07, 6.45) is -1.79. The molecule has 6 rings (SSSR count). The van der Waals surface area contributed by atoms with Gasteiger partial charge in [-0.1, -0.05) is 76.2 Å². The Morgan fingerprint density at radius 3 is 1.27 bits per heavy atom. The Morgan fingerprint density at radius 2 is 0.955 bits per heavy atom. The number of hydrogen-bond donors (Lipinski definition) is 6.